The molecule has 1 unspecified atom stereocenters. The van der Waals surface area contributed by atoms with E-state index in [0.29, 0.717) is 28.9 Å². The topological polar surface area (TPSA) is 91.1 Å². The number of alkyl halides is 1. The maximum Gasteiger partial charge on any atom is 0.261 e. The zero-order valence-electron chi connectivity index (χ0n) is 21.3. The second-order valence-electron chi connectivity index (χ2n) is 9.71. The van der Waals surface area contributed by atoms with Crippen LogP contribution in [0.25, 0.3) is 33.2 Å². The van der Waals surface area contributed by atoms with E-state index >= 15 is 0 Å². The van der Waals surface area contributed by atoms with Crippen LogP contribution in [-0.4, -0.2) is 58.7 Å². The Labute approximate surface area is 218 Å². The standard InChI is InChI=1S/C28H29F3N6O/c1-16(29)7-8-36-9-11-37(12-10-36)20-5-3-18(4-6-20)21-15-22(27(32)35-26(21)31)19-13-23(30)25-24(14-19)33-17(2)34-28(25)38/h3-6,13-16H,7-12H2,1-2H3,(H2,32,35)(H,33,34,38). The highest BCUT2D eigenvalue weighted by atomic mass is 19.1. The van der Waals surface area contributed by atoms with E-state index in [0.717, 1.165) is 38.4 Å². The number of nitrogens with zero attached hydrogens (tertiary/aromatic N) is 4. The molecule has 5 rings (SSSR count). The molecule has 0 saturated carbocycles. The monoisotopic (exact) mass is 522 g/mol. The Hall–Kier alpha value is -3.92. The molecule has 0 spiro atoms. The first-order valence-corrected chi connectivity index (χ1v) is 12.6. The van der Waals surface area contributed by atoms with Crippen LogP contribution in [0.2, 0.25) is 0 Å². The molecule has 0 aliphatic carbocycles. The van der Waals surface area contributed by atoms with Crippen LogP contribution in [0.4, 0.5) is 24.7 Å². The number of aromatic amines is 1. The lowest BCUT2D eigenvalue weighted by Crippen LogP contribution is -2.46. The Morgan fingerprint density at radius 3 is 2.39 bits per heavy atom. The Morgan fingerprint density at radius 2 is 1.71 bits per heavy atom. The average Bonchev–Trinajstić information content (AvgIpc) is 2.87. The van der Waals surface area contributed by atoms with Crippen molar-refractivity contribution < 1.29 is 13.2 Å². The summed E-state index contributed by atoms with van der Waals surface area (Å²) >= 11 is 0. The maximum atomic E-state index is 14.9. The number of aromatic nitrogens is 3. The van der Waals surface area contributed by atoms with Gasteiger partial charge >= 0.3 is 0 Å². The third-order valence-electron chi connectivity index (χ3n) is 6.95. The SMILES string of the molecule is Cc1nc2cc(-c3cc(-c4ccc(N5CCN(CCC(C)F)CC5)cc4)c(F)nc3N)cc(F)c2c(=O)[nH]1. The molecule has 3 heterocycles. The first-order chi connectivity index (χ1) is 18.2. The summed E-state index contributed by atoms with van der Waals surface area (Å²) in [6, 6.07) is 11.8. The highest BCUT2D eigenvalue weighted by Gasteiger charge is 2.19. The molecule has 198 valence electrons. The van der Waals surface area contributed by atoms with Gasteiger partial charge in [-0.15, -0.1) is 0 Å². The Kier molecular flexibility index (Phi) is 7.07. The van der Waals surface area contributed by atoms with Crippen molar-refractivity contribution in [2.24, 2.45) is 0 Å². The first-order valence-electron chi connectivity index (χ1n) is 12.6. The molecule has 1 atom stereocenters. The molecule has 1 fully saturated rings. The quantitative estimate of drug-likeness (QED) is 0.357. The van der Waals surface area contributed by atoms with Gasteiger partial charge in [-0.25, -0.2) is 18.7 Å². The van der Waals surface area contributed by atoms with Crippen molar-refractivity contribution in [3.63, 3.8) is 0 Å². The summed E-state index contributed by atoms with van der Waals surface area (Å²) in [6.45, 7) is 7.31. The second kappa shape index (κ2) is 10.4. The number of aryl methyl sites for hydroxylation is 1. The van der Waals surface area contributed by atoms with Crippen LogP contribution in [0.15, 0.2) is 47.3 Å². The maximum absolute atomic E-state index is 14.9. The van der Waals surface area contributed by atoms with Gasteiger partial charge in [-0.1, -0.05) is 12.1 Å². The van der Waals surface area contributed by atoms with E-state index in [1.165, 1.54) is 12.1 Å². The fourth-order valence-corrected chi connectivity index (χ4v) is 4.88. The second-order valence-corrected chi connectivity index (χ2v) is 9.71. The van der Waals surface area contributed by atoms with Gasteiger partial charge in [0.05, 0.1) is 11.7 Å². The molecule has 1 saturated heterocycles. The lowest BCUT2D eigenvalue weighted by atomic mass is 9.99. The van der Waals surface area contributed by atoms with E-state index in [1.54, 1.807) is 19.9 Å². The summed E-state index contributed by atoms with van der Waals surface area (Å²) in [5, 5.41) is -0.151. The lowest BCUT2D eigenvalue weighted by molar-refractivity contribution is 0.222. The number of fused-ring (bicyclic) bond motifs is 1. The molecule has 3 N–H and O–H groups in total. The van der Waals surface area contributed by atoms with Gasteiger partial charge in [-0.2, -0.15) is 4.39 Å². The molecular weight excluding hydrogens is 493 g/mol. The fourth-order valence-electron chi connectivity index (χ4n) is 4.88. The van der Waals surface area contributed by atoms with Gasteiger partial charge in [-0.05, 0) is 61.7 Å². The Bertz CT molecular complexity index is 1530. The number of H-pyrrole nitrogens is 1. The van der Waals surface area contributed by atoms with Crippen LogP contribution < -0.4 is 16.2 Å². The third-order valence-corrected chi connectivity index (χ3v) is 6.95. The van der Waals surface area contributed by atoms with E-state index in [4.69, 9.17) is 5.73 Å². The summed E-state index contributed by atoms with van der Waals surface area (Å²) in [4.78, 5) is 27.3. The van der Waals surface area contributed by atoms with E-state index in [1.807, 2.05) is 24.3 Å². The summed E-state index contributed by atoms with van der Waals surface area (Å²) in [5.74, 6) is -1.23. The number of nitrogens with two attached hydrogens (primary N) is 1. The van der Waals surface area contributed by atoms with Crippen LogP contribution in [0, 0.1) is 18.7 Å². The minimum atomic E-state index is -0.796. The van der Waals surface area contributed by atoms with Crippen LogP contribution in [-0.2, 0) is 0 Å². The summed E-state index contributed by atoms with van der Waals surface area (Å²) in [5.41, 5.74) is 8.15. The van der Waals surface area contributed by atoms with E-state index < -0.39 is 23.5 Å². The number of anilines is 2. The van der Waals surface area contributed by atoms with Crippen LogP contribution in [0.5, 0.6) is 0 Å². The van der Waals surface area contributed by atoms with Crippen molar-refractivity contribution in [3.05, 3.63) is 70.4 Å². The summed E-state index contributed by atoms with van der Waals surface area (Å²) < 4.78 is 42.9. The smallest absolute Gasteiger partial charge is 0.261 e. The predicted molar refractivity (Wildman–Crippen MR) is 144 cm³/mol. The number of hydrogen-bond acceptors (Lipinski definition) is 6. The van der Waals surface area contributed by atoms with Crippen molar-refractivity contribution in [1.29, 1.82) is 0 Å². The van der Waals surface area contributed by atoms with Crippen molar-refractivity contribution in [1.82, 2.24) is 19.9 Å². The van der Waals surface area contributed by atoms with Gasteiger partial charge < -0.3 is 15.6 Å². The molecule has 2 aromatic carbocycles. The predicted octanol–water partition coefficient (Wildman–Crippen LogP) is 4.69. The lowest BCUT2D eigenvalue weighted by Gasteiger charge is -2.36. The normalized spacial score (nSPS) is 15.2. The number of rotatable bonds is 6. The number of nitrogens with one attached hydrogen (secondary N) is 1. The molecule has 4 aromatic rings. The molecule has 0 amide bonds. The molecule has 10 heteroatoms. The molecule has 0 bridgehead atoms. The minimum absolute atomic E-state index is 0.0943. The van der Waals surface area contributed by atoms with Crippen LogP contribution in [0.1, 0.15) is 19.2 Å². The number of pyridine rings is 1. The number of piperazine rings is 1. The number of nitrogen functional groups attached to an aromatic ring is 1. The summed E-state index contributed by atoms with van der Waals surface area (Å²) in [7, 11) is 0. The van der Waals surface area contributed by atoms with E-state index in [-0.39, 0.29) is 22.3 Å². The van der Waals surface area contributed by atoms with Crippen molar-refractivity contribution in [3.8, 4) is 22.3 Å². The first kappa shape index (κ1) is 25.7. The molecule has 1 aliphatic heterocycles. The number of halogens is 3. The van der Waals surface area contributed by atoms with Gasteiger partial charge in [0.25, 0.3) is 5.56 Å². The Balaban J connectivity index is 1.41. The van der Waals surface area contributed by atoms with Gasteiger partial charge in [-0.3, -0.25) is 9.69 Å². The fraction of sp³-hybridized carbons (Fsp3) is 0.321. The van der Waals surface area contributed by atoms with E-state index in [2.05, 4.69) is 24.8 Å². The molecule has 2 aromatic heterocycles. The molecule has 1 aliphatic rings. The van der Waals surface area contributed by atoms with Crippen LogP contribution >= 0.6 is 0 Å². The molecular formula is C28H29F3N6O. The summed E-state index contributed by atoms with van der Waals surface area (Å²) in [6.07, 6.45) is -0.257. The number of hydrogen-bond donors (Lipinski definition) is 2. The molecule has 7 nitrogen and oxygen atoms in total. The molecule has 38 heavy (non-hydrogen) atoms. The highest BCUT2D eigenvalue weighted by molar-refractivity contribution is 5.88. The van der Waals surface area contributed by atoms with Crippen molar-refractivity contribution in [2.45, 2.75) is 26.4 Å². The minimum Gasteiger partial charge on any atom is -0.383 e. The molecule has 0 radical (unpaired) electrons. The van der Waals surface area contributed by atoms with Gasteiger partial charge in [0, 0.05) is 49.5 Å². The van der Waals surface area contributed by atoms with Gasteiger partial charge in [0.1, 0.15) is 22.8 Å². The van der Waals surface area contributed by atoms with E-state index in [9.17, 15) is 18.0 Å². The van der Waals surface area contributed by atoms with Crippen molar-refractivity contribution >= 4 is 22.4 Å². The third kappa shape index (κ3) is 5.22. The van der Waals surface area contributed by atoms with Crippen molar-refractivity contribution in [2.75, 3.05) is 43.4 Å². The zero-order valence-corrected chi connectivity index (χ0v) is 21.3. The largest absolute Gasteiger partial charge is 0.383 e. The number of benzene rings is 2. The Morgan fingerprint density at radius 1 is 1.00 bits per heavy atom. The van der Waals surface area contributed by atoms with Crippen LogP contribution in [0.3, 0.4) is 0 Å². The average molecular weight is 523 g/mol. The van der Waals surface area contributed by atoms with Gasteiger partial charge in [0.2, 0.25) is 5.95 Å². The van der Waals surface area contributed by atoms with Gasteiger partial charge in [0.15, 0.2) is 0 Å². The zero-order chi connectivity index (χ0) is 27.0. The highest BCUT2D eigenvalue weighted by Crippen LogP contribution is 2.34.